The molecule has 1 rings (SSSR count). The maximum Gasteiger partial charge on any atom is 0.344 e. The van der Waals surface area contributed by atoms with Crippen LogP contribution in [-0.2, 0) is 14.4 Å². The number of ether oxygens (including phenoxy) is 1. The maximum absolute atomic E-state index is 11.2. The summed E-state index contributed by atoms with van der Waals surface area (Å²) in [5, 5.41) is 4.46. The van der Waals surface area contributed by atoms with Gasteiger partial charge in [-0.1, -0.05) is 0 Å². The zero-order valence-corrected chi connectivity index (χ0v) is 9.11. The number of esters is 1. The van der Waals surface area contributed by atoms with Gasteiger partial charge in [-0.2, -0.15) is 4.99 Å². The largest absolute Gasteiger partial charge is 0.465 e. The molecule has 0 aromatic carbocycles. The molecule has 1 saturated heterocycles. The molecule has 3 N–H and O–H groups in total. The molecule has 0 aromatic rings. The number of nitrogens with zero attached hydrogens (tertiary/aromatic N) is 1. The van der Waals surface area contributed by atoms with Gasteiger partial charge in [0.2, 0.25) is 0 Å². The van der Waals surface area contributed by atoms with E-state index < -0.39 is 18.0 Å². The van der Waals surface area contributed by atoms with Gasteiger partial charge in [0.25, 0.3) is 0 Å². The number of hydroxylamine groups is 1. The van der Waals surface area contributed by atoms with Crippen molar-refractivity contribution in [2.45, 2.75) is 6.92 Å². The molecule has 1 aliphatic heterocycles. The molecular weight excluding hydrogens is 232 g/mol. The lowest BCUT2D eigenvalue weighted by Gasteiger charge is -2.15. The first-order chi connectivity index (χ1) is 8.11. The molecule has 9 nitrogen and oxygen atoms in total. The Morgan fingerprint density at radius 3 is 3.00 bits per heavy atom. The summed E-state index contributed by atoms with van der Waals surface area (Å²) in [5.74, 6) is -0.512. The second-order valence-electron chi connectivity index (χ2n) is 2.87. The van der Waals surface area contributed by atoms with Crippen LogP contribution >= 0.6 is 0 Å². The van der Waals surface area contributed by atoms with Crippen LogP contribution < -0.4 is 16.1 Å². The molecule has 94 valence electrons. The van der Waals surface area contributed by atoms with Crippen molar-refractivity contribution in [2.24, 2.45) is 4.99 Å². The Bertz CT molecular complexity index is 354. The highest BCUT2D eigenvalue weighted by Gasteiger charge is 2.14. The number of rotatable bonds is 3. The second kappa shape index (κ2) is 6.43. The molecular formula is C8H12N4O5. The van der Waals surface area contributed by atoms with Crippen molar-refractivity contribution < 1.29 is 24.0 Å². The summed E-state index contributed by atoms with van der Waals surface area (Å²) in [4.78, 5) is 40.9. The van der Waals surface area contributed by atoms with Gasteiger partial charge in [0.05, 0.1) is 6.61 Å². The first-order valence-electron chi connectivity index (χ1n) is 4.81. The van der Waals surface area contributed by atoms with Crippen LogP contribution in [0.2, 0.25) is 0 Å². The normalized spacial score (nSPS) is 17.0. The van der Waals surface area contributed by atoms with Gasteiger partial charge in [-0.15, -0.1) is 0 Å². The molecule has 0 atom stereocenters. The summed E-state index contributed by atoms with van der Waals surface area (Å²) >= 11 is 0. The van der Waals surface area contributed by atoms with Crippen molar-refractivity contribution in [3.05, 3.63) is 0 Å². The molecule has 1 heterocycles. The monoisotopic (exact) mass is 244 g/mol. The van der Waals surface area contributed by atoms with Crippen LogP contribution in [0.5, 0.6) is 0 Å². The van der Waals surface area contributed by atoms with Gasteiger partial charge in [0.15, 0.2) is 0 Å². The Hall–Kier alpha value is -2.16. The Morgan fingerprint density at radius 1 is 1.59 bits per heavy atom. The third-order valence-electron chi connectivity index (χ3n) is 1.56. The Kier molecular flexibility index (Phi) is 4.88. The minimum Gasteiger partial charge on any atom is -0.465 e. The standard InChI is InChI=1S/C8H12N4O5/c1-2-16-6(13)3-9-7(14)10-5-4-17-12-8(15)11-5/h2-4H2,1H3,(H3,9,10,11,12,14,15). The SMILES string of the molecule is CCOC(=O)CNC(=O)N=C1CONC(=O)N1. The van der Waals surface area contributed by atoms with Crippen LogP contribution in [0.4, 0.5) is 9.59 Å². The van der Waals surface area contributed by atoms with E-state index in [-0.39, 0.29) is 25.6 Å². The molecule has 0 aliphatic carbocycles. The molecule has 1 fully saturated rings. The fraction of sp³-hybridized carbons (Fsp3) is 0.500. The van der Waals surface area contributed by atoms with Crippen molar-refractivity contribution in [1.82, 2.24) is 16.1 Å². The van der Waals surface area contributed by atoms with E-state index >= 15 is 0 Å². The number of amidine groups is 1. The molecule has 17 heavy (non-hydrogen) atoms. The number of hydrogen-bond donors (Lipinski definition) is 3. The number of amides is 4. The van der Waals surface area contributed by atoms with Gasteiger partial charge < -0.3 is 10.1 Å². The van der Waals surface area contributed by atoms with Gasteiger partial charge in [-0.3, -0.25) is 14.9 Å². The summed E-state index contributed by atoms with van der Waals surface area (Å²) in [6.07, 6.45) is 0. The van der Waals surface area contributed by atoms with Crippen LogP contribution in [0.25, 0.3) is 0 Å². The maximum atomic E-state index is 11.2. The first kappa shape index (κ1) is 12.9. The summed E-state index contributed by atoms with van der Waals surface area (Å²) in [7, 11) is 0. The summed E-state index contributed by atoms with van der Waals surface area (Å²) in [6, 6.07) is -1.38. The van der Waals surface area contributed by atoms with Crippen LogP contribution in [-0.4, -0.2) is 43.6 Å². The van der Waals surface area contributed by atoms with Crippen molar-refractivity contribution in [1.29, 1.82) is 0 Å². The molecule has 9 heteroatoms. The minimum absolute atomic E-state index is 0.0510. The van der Waals surface area contributed by atoms with E-state index in [1.54, 1.807) is 6.92 Å². The van der Waals surface area contributed by atoms with Crippen molar-refractivity contribution in [2.75, 3.05) is 19.8 Å². The van der Waals surface area contributed by atoms with Crippen molar-refractivity contribution in [3.8, 4) is 0 Å². The van der Waals surface area contributed by atoms with Crippen LogP contribution in [0.3, 0.4) is 0 Å². The second-order valence-corrected chi connectivity index (χ2v) is 2.87. The highest BCUT2D eigenvalue weighted by molar-refractivity contribution is 6.04. The Morgan fingerprint density at radius 2 is 2.35 bits per heavy atom. The topological polar surface area (TPSA) is 118 Å². The van der Waals surface area contributed by atoms with E-state index in [4.69, 9.17) is 0 Å². The highest BCUT2D eigenvalue weighted by Crippen LogP contribution is 1.86. The average Bonchev–Trinajstić information content (AvgIpc) is 2.27. The van der Waals surface area contributed by atoms with E-state index in [9.17, 15) is 14.4 Å². The van der Waals surface area contributed by atoms with E-state index in [1.165, 1.54) is 0 Å². The number of urea groups is 2. The Labute approximate surface area is 96.5 Å². The molecule has 0 saturated carbocycles. The molecule has 0 spiro atoms. The molecule has 0 radical (unpaired) electrons. The predicted molar refractivity (Wildman–Crippen MR) is 55.1 cm³/mol. The minimum atomic E-state index is -0.765. The molecule has 1 aliphatic rings. The zero-order valence-electron chi connectivity index (χ0n) is 9.11. The molecule has 0 aromatic heterocycles. The average molecular weight is 244 g/mol. The van der Waals surface area contributed by atoms with Gasteiger partial charge in [-0.25, -0.2) is 15.1 Å². The fourth-order valence-corrected chi connectivity index (χ4v) is 0.945. The summed E-state index contributed by atoms with van der Waals surface area (Å²) in [5.41, 5.74) is 2.02. The number of hydrogen-bond acceptors (Lipinski definition) is 5. The van der Waals surface area contributed by atoms with Gasteiger partial charge in [0.1, 0.15) is 19.0 Å². The third kappa shape index (κ3) is 4.93. The van der Waals surface area contributed by atoms with E-state index in [1.807, 2.05) is 5.48 Å². The quantitative estimate of drug-likeness (QED) is 0.545. The smallest absolute Gasteiger partial charge is 0.344 e. The van der Waals surface area contributed by atoms with E-state index in [0.29, 0.717) is 0 Å². The van der Waals surface area contributed by atoms with Crippen molar-refractivity contribution >= 4 is 23.9 Å². The number of carbonyl (C=O) groups is 3. The summed E-state index contributed by atoms with van der Waals surface area (Å²) < 4.78 is 4.59. The zero-order chi connectivity index (χ0) is 12.7. The van der Waals surface area contributed by atoms with E-state index in [0.717, 1.165) is 0 Å². The number of nitrogens with one attached hydrogen (secondary N) is 3. The predicted octanol–water partition coefficient (Wildman–Crippen LogP) is -1.10. The lowest BCUT2D eigenvalue weighted by molar-refractivity contribution is -0.141. The van der Waals surface area contributed by atoms with Crippen LogP contribution in [0.1, 0.15) is 6.92 Å². The summed E-state index contributed by atoms with van der Waals surface area (Å²) in [6.45, 7) is 1.55. The van der Waals surface area contributed by atoms with Gasteiger partial charge in [-0.05, 0) is 6.92 Å². The molecule has 4 amide bonds. The van der Waals surface area contributed by atoms with Gasteiger partial charge in [0, 0.05) is 0 Å². The van der Waals surface area contributed by atoms with Crippen LogP contribution in [0.15, 0.2) is 4.99 Å². The number of carbonyl (C=O) groups excluding carboxylic acids is 3. The highest BCUT2D eigenvalue weighted by atomic mass is 16.7. The third-order valence-corrected chi connectivity index (χ3v) is 1.56. The lowest BCUT2D eigenvalue weighted by atomic mass is 10.6. The van der Waals surface area contributed by atoms with E-state index in [2.05, 4.69) is 25.2 Å². The molecule has 0 bridgehead atoms. The van der Waals surface area contributed by atoms with Crippen LogP contribution in [0, 0.1) is 0 Å². The van der Waals surface area contributed by atoms with Crippen molar-refractivity contribution in [3.63, 3.8) is 0 Å². The Balaban J connectivity index is 2.35. The lowest BCUT2D eigenvalue weighted by Crippen LogP contribution is -2.48. The fourth-order valence-electron chi connectivity index (χ4n) is 0.945. The molecule has 0 unspecified atom stereocenters. The first-order valence-corrected chi connectivity index (χ1v) is 4.81. The van der Waals surface area contributed by atoms with Gasteiger partial charge >= 0.3 is 18.0 Å². The number of aliphatic imine (C=N–C) groups is 1.